The molecule has 0 fully saturated rings. The number of esters is 1. The Morgan fingerprint density at radius 1 is 1.20 bits per heavy atom. The molecule has 0 aliphatic heterocycles. The average Bonchev–Trinajstić information content (AvgIpc) is 2.85. The first-order valence-electron chi connectivity index (χ1n) is 12.0. The topological polar surface area (TPSA) is 114 Å². The van der Waals surface area contributed by atoms with Gasteiger partial charge in [0, 0.05) is 24.2 Å². The molecule has 0 aliphatic carbocycles. The number of nitriles is 1. The molecule has 2 N–H and O–H groups in total. The standard InChI is InChI=1S/C27H37N3O5/c1-5-34-26(32)15-13-21-12-14-25(23(17-28)30-21)35-19-22(31)18-29-27(2,3)16-8-10-20-9-6-7-11-24(20)33-4/h6-7,9,11-12,14,22,29,31H,5,8,10,13,15-16,18-19H2,1-4H3/t22-/m1/s1. The summed E-state index contributed by atoms with van der Waals surface area (Å²) in [5.41, 5.74) is 1.76. The number of aromatic nitrogens is 1. The van der Waals surface area contributed by atoms with Crippen molar-refractivity contribution >= 4 is 5.97 Å². The molecule has 8 nitrogen and oxygen atoms in total. The lowest BCUT2D eigenvalue weighted by Gasteiger charge is -2.28. The highest BCUT2D eigenvalue weighted by Gasteiger charge is 2.19. The van der Waals surface area contributed by atoms with Gasteiger partial charge in [-0.15, -0.1) is 0 Å². The number of carbonyl (C=O) groups excluding carboxylic acids is 1. The monoisotopic (exact) mass is 483 g/mol. The van der Waals surface area contributed by atoms with Crippen LogP contribution in [0, 0.1) is 11.3 Å². The van der Waals surface area contributed by atoms with E-state index in [-0.39, 0.29) is 30.2 Å². The molecule has 2 rings (SSSR count). The summed E-state index contributed by atoms with van der Waals surface area (Å²) in [5.74, 6) is 0.915. The van der Waals surface area contributed by atoms with E-state index in [4.69, 9.17) is 14.2 Å². The second kappa shape index (κ2) is 14.3. The van der Waals surface area contributed by atoms with Gasteiger partial charge in [0.2, 0.25) is 0 Å². The first-order valence-corrected chi connectivity index (χ1v) is 12.0. The lowest BCUT2D eigenvalue weighted by Crippen LogP contribution is -2.44. The molecule has 0 amide bonds. The number of hydrogen-bond donors (Lipinski definition) is 2. The Morgan fingerprint density at radius 2 is 1.97 bits per heavy atom. The fourth-order valence-electron chi connectivity index (χ4n) is 3.64. The van der Waals surface area contributed by atoms with Crippen molar-refractivity contribution in [1.82, 2.24) is 10.3 Å². The molecule has 0 spiro atoms. The Kier molecular flexibility index (Phi) is 11.5. The van der Waals surface area contributed by atoms with E-state index in [1.54, 1.807) is 26.2 Å². The highest BCUT2D eigenvalue weighted by molar-refractivity contribution is 5.69. The van der Waals surface area contributed by atoms with E-state index in [0.717, 1.165) is 25.0 Å². The summed E-state index contributed by atoms with van der Waals surface area (Å²) in [6, 6.07) is 13.4. The minimum Gasteiger partial charge on any atom is -0.496 e. The van der Waals surface area contributed by atoms with Crippen LogP contribution in [0.3, 0.4) is 0 Å². The predicted octanol–water partition coefficient (Wildman–Crippen LogP) is 3.59. The van der Waals surface area contributed by atoms with E-state index in [1.807, 2.05) is 24.3 Å². The normalized spacial score (nSPS) is 12.0. The fourth-order valence-corrected chi connectivity index (χ4v) is 3.64. The van der Waals surface area contributed by atoms with Crippen molar-refractivity contribution in [3.05, 3.63) is 53.3 Å². The van der Waals surface area contributed by atoms with Crippen molar-refractivity contribution in [3.8, 4) is 17.6 Å². The van der Waals surface area contributed by atoms with Gasteiger partial charge < -0.3 is 24.6 Å². The number of methoxy groups -OCH3 is 1. The van der Waals surface area contributed by atoms with E-state index in [2.05, 4.69) is 30.2 Å². The van der Waals surface area contributed by atoms with Crippen LogP contribution in [0.5, 0.6) is 11.5 Å². The maximum Gasteiger partial charge on any atom is 0.306 e. The third-order valence-corrected chi connectivity index (χ3v) is 5.60. The van der Waals surface area contributed by atoms with E-state index >= 15 is 0 Å². The summed E-state index contributed by atoms with van der Waals surface area (Å²) in [4.78, 5) is 15.8. The minimum absolute atomic E-state index is 0.0306. The van der Waals surface area contributed by atoms with Gasteiger partial charge >= 0.3 is 5.97 Å². The predicted molar refractivity (Wildman–Crippen MR) is 133 cm³/mol. The number of para-hydroxylation sites is 1. The van der Waals surface area contributed by atoms with E-state index in [9.17, 15) is 15.2 Å². The van der Waals surface area contributed by atoms with Crippen molar-refractivity contribution in [2.24, 2.45) is 0 Å². The highest BCUT2D eigenvalue weighted by Crippen LogP contribution is 2.22. The lowest BCUT2D eigenvalue weighted by molar-refractivity contribution is -0.143. The number of rotatable bonds is 15. The molecule has 0 saturated heterocycles. The smallest absolute Gasteiger partial charge is 0.306 e. The van der Waals surface area contributed by atoms with Crippen LogP contribution in [0.25, 0.3) is 0 Å². The number of nitrogens with one attached hydrogen (secondary N) is 1. The van der Waals surface area contributed by atoms with Crippen LogP contribution in [-0.4, -0.2) is 54.6 Å². The van der Waals surface area contributed by atoms with Gasteiger partial charge in [0.25, 0.3) is 0 Å². The third-order valence-electron chi connectivity index (χ3n) is 5.60. The zero-order valence-corrected chi connectivity index (χ0v) is 21.2. The summed E-state index contributed by atoms with van der Waals surface area (Å²) in [6.07, 6.45) is 2.65. The number of aliphatic hydroxyl groups excluding tert-OH is 1. The summed E-state index contributed by atoms with van der Waals surface area (Å²) in [7, 11) is 1.68. The average molecular weight is 484 g/mol. The molecular formula is C27H37N3O5. The van der Waals surface area contributed by atoms with Crippen LogP contribution in [0.4, 0.5) is 0 Å². The molecule has 0 unspecified atom stereocenters. The summed E-state index contributed by atoms with van der Waals surface area (Å²) in [5, 5.41) is 23.2. The van der Waals surface area contributed by atoms with Crippen molar-refractivity contribution in [2.75, 3.05) is 26.9 Å². The maximum atomic E-state index is 11.5. The molecule has 190 valence electrons. The molecule has 8 heteroatoms. The highest BCUT2D eigenvalue weighted by atomic mass is 16.5. The number of pyridine rings is 1. The summed E-state index contributed by atoms with van der Waals surface area (Å²) < 4.78 is 16.0. The lowest BCUT2D eigenvalue weighted by atomic mass is 9.95. The van der Waals surface area contributed by atoms with E-state index in [1.165, 1.54) is 5.56 Å². The molecule has 1 aromatic carbocycles. The van der Waals surface area contributed by atoms with Gasteiger partial charge in [0.15, 0.2) is 11.4 Å². The Bertz CT molecular complexity index is 987. The van der Waals surface area contributed by atoms with Crippen molar-refractivity contribution < 1.29 is 24.1 Å². The van der Waals surface area contributed by atoms with Gasteiger partial charge in [-0.3, -0.25) is 4.79 Å². The molecule has 0 bridgehead atoms. The van der Waals surface area contributed by atoms with E-state index < -0.39 is 6.10 Å². The largest absolute Gasteiger partial charge is 0.496 e. The van der Waals surface area contributed by atoms with Crippen LogP contribution in [0.2, 0.25) is 0 Å². The van der Waals surface area contributed by atoms with Crippen molar-refractivity contribution in [3.63, 3.8) is 0 Å². The first kappa shape index (κ1) is 28.1. The molecule has 0 aliphatic rings. The summed E-state index contributed by atoms with van der Waals surface area (Å²) >= 11 is 0. The van der Waals surface area contributed by atoms with Gasteiger partial charge in [-0.1, -0.05) is 18.2 Å². The zero-order chi connectivity index (χ0) is 25.7. The Balaban J connectivity index is 1.77. The minimum atomic E-state index is -0.751. The van der Waals surface area contributed by atoms with Gasteiger partial charge in [0.1, 0.15) is 24.5 Å². The van der Waals surface area contributed by atoms with E-state index in [0.29, 0.717) is 31.0 Å². The van der Waals surface area contributed by atoms with Gasteiger partial charge in [-0.25, -0.2) is 4.98 Å². The Labute approximate surface area is 208 Å². The molecule has 35 heavy (non-hydrogen) atoms. The quantitative estimate of drug-likeness (QED) is 0.370. The van der Waals surface area contributed by atoms with Crippen LogP contribution >= 0.6 is 0 Å². The van der Waals surface area contributed by atoms with Crippen LogP contribution in [0.15, 0.2) is 36.4 Å². The maximum absolute atomic E-state index is 11.5. The van der Waals surface area contributed by atoms with Gasteiger partial charge in [-0.05, 0) is 63.8 Å². The van der Waals surface area contributed by atoms with Crippen molar-refractivity contribution in [2.45, 2.75) is 64.5 Å². The molecule has 1 aromatic heterocycles. The van der Waals surface area contributed by atoms with Gasteiger partial charge in [-0.2, -0.15) is 5.26 Å². The number of aryl methyl sites for hydroxylation is 2. The second-order valence-electron chi connectivity index (χ2n) is 8.96. The number of carbonyl (C=O) groups is 1. The van der Waals surface area contributed by atoms with Crippen molar-refractivity contribution in [1.29, 1.82) is 5.26 Å². The molecule has 2 aromatic rings. The van der Waals surface area contributed by atoms with Crippen LogP contribution in [0.1, 0.15) is 57.0 Å². The number of nitrogens with zero attached hydrogens (tertiary/aromatic N) is 2. The SMILES string of the molecule is CCOC(=O)CCc1ccc(OC[C@H](O)CNC(C)(C)CCCc2ccccc2OC)c(C#N)n1. The number of β-amino-alcohol motifs (C(OH)–C–C–N with tert-alkyl or cyclic N) is 1. The fraction of sp³-hybridized carbons (Fsp3) is 0.519. The number of benzene rings is 1. The number of aliphatic hydroxyl groups is 1. The number of ether oxygens (including phenoxy) is 3. The molecule has 0 saturated carbocycles. The third kappa shape index (κ3) is 9.93. The van der Waals surface area contributed by atoms with Gasteiger partial charge in [0.05, 0.1) is 20.1 Å². The molecule has 1 atom stereocenters. The van der Waals surface area contributed by atoms with Crippen LogP contribution < -0.4 is 14.8 Å². The number of hydrogen-bond acceptors (Lipinski definition) is 8. The molecular weight excluding hydrogens is 446 g/mol. The first-order chi connectivity index (χ1) is 16.8. The summed E-state index contributed by atoms with van der Waals surface area (Å²) in [6.45, 7) is 6.69. The Morgan fingerprint density at radius 3 is 2.69 bits per heavy atom. The van der Waals surface area contributed by atoms with Crippen LogP contribution in [-0.2, 0) is 22.4 Å². The zero-order valence-electron chi connectivity index (χ0n) is 21.2. The second-order valence-corrected chi connectivity index (χ2v) is 8.96. The molecule has 1 heterocycles. The molecule has 0 radical (unpaired) electrons. The Hall–Kier alpha value is -3.15.